The van der Waals surface area contributed by atoms with Gasteiger partial charge in [-0.05, 0) is 90.9 Å². The topological polar surface area (TPSA) is 60.2 Å². The maximum Gasteiger partial charge on any atom is 0.333 e. The van der Waals surface area contributed by atoms with Crippen LogP contribution in [0.3, 0.4) is 0 Å². The molecule has 0 saturated carbocycles. The molecular formula is C27H35IN2O3. The van der Waals surface area contributed by atoms with E-state index in [1.807, 2.05) is 48.5 Å². The van der Waals surface area contributed by atoms with Crippen molar-refractivity contribution in [2.45, 2.75) is 64.7 Å². The summed E-state index contributed by atoms with van der Waals surface area (Å²) in [6.45, 7) is 6.50. The van der Waals surface area contributed by atoms with Crippen LogP contribution in [0, 0.1) is 3.57 Å². The van der Waals surface area contributed by atoms with Crippen LogP contribution in [0.25, 0.3) is 0 Å². The highest BCUT2D eigenvalue weighted by atomic mass is 127. The number of nitrogens with zero attached hydrogens (tertiary/aromatic N) is 2. The first kappa shape index (κ1) is 27.0. The van der Waals surface area contributed by atoms with Gasteiger partial charge in [-0.2, -0.15) is 10.2 Å². The van der Waals surface area contributed by atoms with Gasteiger partial charge >= 0.3 is 5.97 Å². The van der Waals surface area contributed by atoms with Crippen LogP contribution in [0.1, 0.15) is 64.7 Å². The number of azo groups is 1. The molecule has 2 aromatic rings. The van der Waals surface area contributed by atoms with Gasteiger partial charge in [0.15, 0.2) is 0 Å². The third-order valence-corrected chi connectivity index (χ3v) is 5.80. The lowest BCUT2D eigenvalue weighted by Crippen LogP contribution is -2.05. The number of halogens is 1. The van der Waals surface area contributed by atoms with E-state index >= 15 is 0 Å². The third-order valence-electron chi connectivity index (χ3n) is 5.08. The van der Waals surface area contributed by atoms with E-state index in [2.05, 4.69) is 39.4 Å². The van der Waals surface area contributed by atoms with Crippen molar-refractivity contribution in [3.05, 3.63) is 64.3 Å². The van der Waals surface area contributed by atoms with Gasteiger partial charge in [-0.3, -0.25) is 0 Å². The van der Waals surface area contributed by atoms with Gasteiger partial charge in [0, 0.05) is 9.14 Å². The van der Waals surface area contributed by atoms with Gasteiger partial charge in [0.2, 0.25) is 0 Å². The van der Waals surface area contributed by atoms with Crippen molar-refractivity contribution in [3.63, 3.8) is 0 Å². The minimum Gasteiger partial charge on any atom is -0.494 e. The summed E-state index contributed by atoms with van der Waals surface area (Å²) in [5.41, 5.74) is 2.13. The Kier molecular flexibility index (Phi) is 13.4. The zero-order valence-corrected chi connectivity index (χ0v) is 21.8. The fourth-order valence-electron chi connectivity index (χ4n) is 3.15. The summed E-state index contributed by atoms with van der Waals surface area (Å²) in [5, 5.41) is 8.53. The van der Waals surface area contributed by atoms with Crippen molar-refractivity contribution >= 4 is 39.9 Å². The van der Waals surface area contributed by atoms with E-state index in [4.69, 9.17) is 9.47 Å². The zero-order valence-electron chi connectivity index (χ0n) is 19.6. The van der Waals surface area contributed by atoms with Crippen LogP contribution in [0.15, 0.2) is 70.9 Å². The first-order chi connectivity index (χ1) is 16.0. The molecule has 0 heterocycles. The van der Waals surface area contributed by atoms with E-state index in [-0.39, 0.29) is 5.97 Å². The molecule has 0 radical (unpaired) electrons. The smallest absolute Gasteiger partial charge is 0.333 e. The summed E-state index contributed by atoms with van der Waals surface area (Å²) >= 11 is 2.27. The molecule has 0 unspecified atom stereocenters. The average Bonchev–Trinajstić information content (AvgIpc) is 2.82. The normalized spacial score (nSPS) is 11.0. The van der Waals surface area contributed by atoms with E-state index in [1.54, 1.807) is 6.92 Å². The molecule has 0 atom stereocenters. The van der Waals surface area contributed by atoms with Gasteiger partial charge < -0.3 is 9.47 Å². The van der Waals surface area contributed by atoms with E-state index in [0.29, 0.717) is 12.2 Å². The van der Waals surface area contributed by atoms with Crippen molar-refractivity contribution < 1.29 is 14.3 Å². The lowest BCUT2D eigenvalue weighted by molar-refractivity contribution is -0.139. The van der Waals surface area contributed by atoms with Gasteiger partial charge in [0.05, 0.1) is 24.6 Å². The minimum atomic E-state index is -0.281. The lowest BCUT2D eigenvalue weighted by Gasteiger charge is -2.06. The molecule has 2 rings (SSSR count). The highest BCUT2D eigenvalue weighted by Gasteiger charge is 2.02. The number of hydrogen-bond donors (Lipinski definition) is 0. The van der Waals surface area contributed by atoms with Gasteiger partial charge in [0.25, 0.3) is 0 Å². The van der Waals surface area contributed by atoms with Crippen molar-refractivity contribution in [1.29, 1.82) is 0 Å². The summed E-state index contributed by atoms with van der Waals surface area (Å²) in [6, 6.07) is 15.7. The van der Waals surface area contributed by atoms with Crippen LogP contribution < -0.4 is 4.74 Å². The molecule has 178 valence electrons. The molecule has 5 nitrogen and oxygen atoms in total. The molecule has 0 N–H and O–H groups in total. The molecule has 33 heavy (non-hydrogen) atoms. The van der Waals surface area contributed by atoms with E-state index < -0.39 is 0 Å². The fraction of sp³-hybridized carbons (Fsp3) is 0.444. The van der Waals surface area contributed by atoms with Crippen molar-refractivity contribution in [3.8, 4) is 5.75 Å². The van der Waals surface area contributed by atoms with E-state index in [0.717, 1.165) is 43.0 Å². The Bertz CT molecular complexity index is 864. The molecule has 2 aromatic carbocycles. The predicted octanol–water partition coefficient (Wildman–Crippen LogP) is 8.72. The van der Waals surface area contributed by atoms with Crippen molar-refractivity contribution in [2.24, 2.45) is 10.2 Å². The maximum atomic E-state index is 11.3. The molecule has 0 spiro atoms. The standard InChI is InChI=1S/C27H35IN2O3/c1-22(2)27(31)33-21-11-9-7-5-3-4-6-8-10-20-32-26-18-16-25(17-19-26)30-29-24-14-12-23(28)13-15-24/h12-19H,1,3-11,20-21H2,2H3. The van der Waals surface area contributed by atoms with Crippen molar-refractivity contribution in [2.75, 3.05) is 13.2 Å². The molecule has 0 aliphatic rings. The molecular weight excluding hydrogens is 527 g/mol. The number of benzene rings is 2. The first-order valence-electron chi connectivity index (χ1n) is 11.8. The molecule has 6 heteroatoms. The number of carbonyl (C=O) groups excluding carboxylic acids is 1. The first-order valence-corrected chi connectivity index (χ1v) is 12.9. The second-order valence-corrected chi connectivity index (χ2v) is 9.36. The van der Waals surface area contributed by atoms with E-state index in [9.17, 15) is 4.79 Å². The predicted molar refractivity (Wildman–Crippen MR) is 143 cm³/mol. The Balaban J connectivity index is 1.44. The average molecular weight is 562 g/mol. The van der Waals surface area contributed by atoms with Gasteiger partial charge in [0.1, 0.15) is 5.75 Å². The number of esters is 1. The van der Waals surface area contributed by atoms with Crippen LogP contribution >= 0.6 is 22.6 Å². The van der Waals surface area contributed by atoms with Crippen LogP contribution in [-0.2, 0) is 9.53 Å². The SMILES string of the molecule is C=C(C)C(=O)OCCCCCCCCCCCOc1ccc(N=Nc2ccc(I)cc2)cc1. The Labute approximate surface area is 211 Å². The second-order valence-electron chi connectivity index (χ2n) is 8.12. The number of ether oxygens (including phenoxy) is 2. The monoisotopic (exact) mass is 562 g/mol. The summed E-state index contributed by atoms with van der Waals surface area (Å²) in [7, 11) is 0. The van der Waals surface area contributed by atoms with Crippen LogP contribution in [0.4, 0.5) is 11.4 Å². The highest BCUT2D eigenvalue weighted by Crippen LogP contribution is 2.22. The van der Waals surface area contributed by atoms with Gasteiger partial charge in [-0.1, -0.05) is 51.5 Å². The Morgan fingerprint density at radius 2 is 1.21 bits per heavy atom. The van der Waals surface area contributed by atoms with Crippen LogP contribution in [0.5, 0.6) is 5.75 Å². The highest BCUT2D eigenvalue weighted by molar-refractivity contribution is 14.1. The number of carbonyl (C=O) groups is 1. The van der Waals surface area contributed by atoms with E-state index in [1.165, 1.54) is 42.1 Å². The minimum absolute atomic E-state index is 0.281. The fourth-order valence-corrected chi connectivity index (χ4v) is 3.51. The number of hydrogen-bond acceptors (Lipinski definition) is 5. The Morgan fingerprint density at radius 1 is 0.758 bits per heavy atom. The van der Waals surface area contributed by atoms with Crippen molar-refractivity contribution in [1.82, 2.24) is 0 Å². The van der Waals surface area contributed by atoms with Gasteiger partial charge in [-0.25, -0.2) is 4.79 Å². The molecule has 0 bridgehead atoms. The molecule has 0 aliphatic heterocycles. The molecule has 0 saturated heterocycles. The summed E-state index contributed by atoms with van der Waals surface area (Å²) in [6.07, 6.45) is 10.6. The second kappa shape index (κ2) is 16.4. The summed E-state index contributed by atoms with van der Waals surface area (Å²) < 4.78 is 12.1. The number of unbranched alkanes of at least 4 members (excludes halogenated alkanes) is 8. The number of rotatable bonds is 16. The summed E-state index contributed by atoms with van der Waals surface area (Å²) in [5.74, 6) is 0.591. The van der Waals surface area contributed by atoms with Crippen LogP contribution in [-0.4, -0.2) is 19.2 Å². The zero-order chi connectivity index (χ0) is 23.7. The maximum absolute atomic E-state index is 11.3. The van der Waals surface area contributed by atoms with Crippen LogP contribution in [0.2, 0.25) is 0 Å². The molecule has 0 fully saturated rings. The quantitative estimate of drug-likeness (QED) is 0.0676. The largest absolute Gasteiger partial charge is 0.494 e. The summed E-state index contributed by atoms with van der Waals surface area (Å²) in [4.78, 5) is 11.3. The molecule has 0 amide bonds. The third kappa shape index (κ3) is 12.6. The Morgan fingerprint density at radius 3 is 1.73 bits per heavy atom. The molecule has 0 aliphatic carbocycles. The Hall–Kier alpha value is -2.22. The lowest BCUT2D eigenvalue weighted by atomic mass is 10.1. The van der Waals surface area contributed by atoms with Gasteiger partial charge in [-0.15, -0.1) is 0 Å². The molecule has 0 aromatic heterocycles.